The number of aromatic nitrogens is 2. The van der Waals surface area contributed by atoms with Crippen molar-refractivity contribution in [3.8, 4) is 11.1 Å². The Kier molecular flexibility index (Phi) is 5.74. The second-order valence-electron chi connectivity index (χ2n) is 9.36. The van der Waals surface area contributed by atoms with E-state index in [9.17, 15) is 0 Å². The van der Waals surface area contributed by atoms with E-state index >= 15 is 0 Å². The molecule has 0 aliphatic carbocycles. The van der Waals surface area contributed by atoms with Crippen LogP contribution in [0.25, 0.3) is 33.0 Å². The Hall–Kier alpha value is -4.02. The molecule has 1 aliphatic heterocycles. The van der Waals surface area contributed by atoms with E-state index in [0.717, 1.165) is 6.54 Å². The predicted octanol–water partition coefficient (Wildman–Crippen LogP) is 7.48. The molecule has 0 unspecified atom stereocenters. The van der Waals surface area contributed by atoms with Gasteiger partial charge in [0, 0.05) is 48.5 Å². The summed E-state index contributed by atoms with van der Waals surface area (Å²) in [7, 11) is 2.16. The number of pyridine rings is 1. The summed E-state index contributed by atoms with van der Waals surface area (Å²) in [5.41, 5.74) is 11.5. The number of hydrogen-bond acceptors (Lipinski definition) is 3. The van der Waals surface area contributed by atoms with Gasteiger partial charge in [0.2, 0.25) is 5.52 Å². The number of nitrogens with zero attached hydrogens (tertiary/aromatic N) is 3. The van der Waals surface area contributed by atoms with Crippen LogP contribution in [0.15, 0.2) is 97.5 Å². The quantitative estimate of drug-likeness (QED) is 0.245. The van der Waals surface area contributed by atoms with Gasteiger partial charge in [-0.15, -0.1) is 0 Å². The fourth-order valence-corrected chi connectivity index (χ4v) is 6.26. The van der Waals surface area contributed by atoms with E-state index in [1.54, 1.807) is 0 Å². The molecule has 3 heterocycles. The number of hydrogen-bond donors (Lipinski definition) is 0. The first-order valence-electron chi connectivity index (χ1n) is 12.2. The molecule has 36 heavy (non-hydrogen) atoms. The van der Waals surface area contributed by atoms with Gasteiger partial charge in [-0.1, -0.05) is 47.7 Å². The van der Waals surface area contributed by atoms with E-state index in [0.29, 0.717) is 0 Å². The first-order chi connectivity index (χ1) is 17.6. The van der Waals surface area contributed by atoms with E-state index in [2.05, 4.69) is 126 Å². The summed E-state index contributed by atoms with van der Waals surface area (Å²) in [5.74, 6) is 0. The smallest absolute Gasteiger partial charge is 0.263 e. The largest absolute Gasteiger partial charge is 0.343 e. The van der Waals surface area contributed by atoms with Crippen LogP contribution in [0.2, 0.25) is 0 Å². The van der Waals surface area contributed by atoms with Crippen molar-refractivity contribution >= 4 is 38.9 Å². The van der Waals surface area contributed by atoms with Crippen molar-refractivity contribution in [2.45, 2.75) is 20.4 Å². The van der Waals surface area contributed by atoms with Crippen molar-refractivity contribution in [1.82, 2.24) is 4.98 Å². The van der Waals surface area contributed by atoms with Gasteiger partial charge in [0.05, 0.1) is 0 Å². The summed E-state index contributed by atoms with van der Waals surface area (Å²) in [6.45, 7) is 5.21. The highest BCUT2D eigenvalue weighted by atomic mass is 32.1. The number of aryl methyl sites for hydroxylation is 3. The van der Waals surface area contributed by atoms with Crippen molar-refractivity contribution in [3.63, 3.8) is 0 Å². The summed E-state index contributed by atoms with van der Waals surface area (Å²) in [6.07, 6.45) is 10.5. The first-order valence-corrected chi connectivity index (χ1v) is 13.0. The lowest BCUT2D eigenvalue weighted by Crippen LogP contribution is -2.29. The van der Waals surface area contributed by atoms with Crippen molar-refractivity contribution in [2.75, 3.05) is 4.90 Å². The molecule has 0 N–H and O–H groups in total. The molecule has 0 radical (unpaired) electrons. The van der Waals surface area contributed by atoms with Crippen LogP contribution in [0.5, 0.6) is 0 Å². The molecule has 3 aromatic carbocycles. The minimum atomic E-state index is 0.821. The Bertz CT molecular complexity index is 1620. The van der Waals surface area contributed by atoms with Crippen molar-refractivity contribution in [2.24, 2.45) is 7.05 Å². The number of rotatable bonds is 4. The molecular weight excluding hydrogens is 458 g/mol. The Morgan fingerprint density at radius 3 is 2.50 bits per heavy atom. The van der Waals surface area contributed by atoms with Gasteiger partial charge in [0.15, 0.2) is 0 Å². The van der Waals surface area contributed by atoms with Crippen molar-refractivity contribution in [1.29, 1.82) is 0 Å². The normalized spacial score (nSPS) is 14.0. The van der Waals surface area contributed by atoms with Crippen LogP contribution in [0.1, 0.15) is 27.3 Å². The molecule has 6 rings (SSSR count). The standard InChI is InChI=1S/C32H28N3S/c1-22-7-6-8-23(2)32(22)26-11-12-29-30(19-26)36-31(34(29)3)20-25-15-18-35(21-24-13-16-33-17-14-24)28-10-5-4-9-27(25)28/h4-20H,21H2,1-3H3/q+1. The molecule has 2 aromatic heterocycles. The molecule has 0 saturated heterocycles. The van der Waals surface area contributed by atoms with Crippen LogP contribution in [-0.2, 0) is 13.6 Å². The van der Waals surface area contributed by atoms with Crippen LogP contribution in [0, 0.1) is 13.8 Å². The summed E-state index contributed by atoms with van der Waals surface area (Å²) < 4.78 is 3.61. The van der Waals surface area contributed by atoms with Gasteiger partial charge < -0.3 is 4.90 Å². The molecule has 1 aliphatic rings. The SMILES string of the molecule is Cc1cccc(C)c1-c1ccc2c(c1)sc(C=C1C=CN(Cc3ccncc3)c3ccccc31)[n+]2C. The fraction of sp³-hybridized carbons (Fsp3) is 0.125. The van der Waals surface area contributed by atoms with E-state index in [-0.39, 0.29) is 0 Å². The Morgan fingerprint density at radius 1 is 0.917 bits per heavy atom. The van der Waals surface area contributed by atoms with Crippen LogP contribution in [0.4, 0.5) is 5.69 Å². The third-order valence-electron chi connectivity index (χ3n) is 6.98. The molecule has 0 atom stereocenters. The number of fused-ring (bicyclic) bond motifs is 2. The summed E-state index contributed by atoms with van der Waals surface area (Å²) >= 11 is 1.85. The maximum absolute atomic E-state index is 4.15. The lowest BCUT2D eigenvalue weighted by Gasteiger charge is -2.27. The monoisotopic (exact) mass is 486 g/mol. The fourth-order valence-electron chi connectivity index (χ4n) is 5.11. The number of para-hydroxylation sites is 1. The van der Waals surface area contributed by atoms with Crippen LogP contribution in [0.3, 0.4) is 0 Å². The highest BCUT2D eigenvalue weighted by Gasteiger charge is 2.21. The molecule has 0 bridgehead atoms. The van der Waals surface area contributed by atoms with Gasteiger partial charge in [-0.2, -0.15) is 4.57 Å². The Balaban J connectivity index is 1.39. The van der Waals surface area contributed by atoms with E-state index < -0.39 is 0 Å². The Labute approximate surface area is 216 Å². The molecule has 0 fully saturated rings. The molecule has 176 valence electrons. The molecule has 0 spiro atoms. The lowest BCUT2D eigenvalue weighted by atomic mass is 9.96. The molecule has 0 saturated carbocycles. The average molecular weight is 487 g/mol. The number of thiazole rings is 1. The zero-order chi connectivity index (χ0) is 24.6. The topological polar surface area (TPSA) is 20.0 Å². The Morgan fingerprint density at radius 2 is 1.69 bits per heavy atom. The van der Waals surface area contributed by atoms with Crippen LogP contribution >= 0.6 is 11.3 Å². The number of benzene rings is 3. The zero-order valence-corrected chi connectivity index (χ0v) is 21.6. The highest BCUT2D eigenvalue weighted by Crippen LogP contribution is 2.36. The maximum Gasteiger partial charge on any atom is 0.263 e. The lowest BCUT2D eigenvalue weighted by molar-refractivity contribution is -0.642. The highest BCUT2D eigenvalue weighted by molar-refractivity contribution is 7.19. The van der Waals surface area contributed by atoms with Crippen molar-refractivity contribution in [3.05, 3.63) is 125 Å². The minimum Gasteiger partial charge on any atom is -0.343 e. The molecule has 0 amide bonds. The summed E-state index contributed by atoms with van der Waals surface area (Å²) in [6, 6.07) is 26.2. The second-order valence-corrected chi connectivity index (χ2v) is 10.4. The van der Waals surface area contributed by atoms with Gasteiger partial charge in [-0.25, -0.2) is 0 Å². The minimum absolute atomic E-state index is 0.821. The van der Waals surface area contributed by atoms with Gasteiger partial charge in [0.25, 0.3) is 5.01 Å². The average Bonchev–Trinajstić information content (AvgIpc) is 3.20. The summed E-state index contributed by atoms with van der Waals surface area (Å²) in [4.78, 5) is 6.46. The molecule has 3 nitrogen and oxygen atoms in total. The van der Waals surface area contributed by atoms with Gasteiger partial charge in [0.1, 0.15) is 11.7 Å². The maximum atomic E-state index is 4.15. The van der Waals surface area contributed by atoms with Gasteiger partial charge in [-0.3, -0.25) is 4.98 Å². The molecule has 4 heteroatoms. The van der Waals surface area contributed by atoms with E-state index in [4.69, 9.17) is 0 Å². The van der Waals surface area contributed by atoms with E-state index in [1.807, 2.05) is 23.7 Å². The van der Waals surface area contributed by atoms with Gasteiger partial charge in [-0.05, 0) is 83.6 Å². The van der Waals surface area contributed by atoms with Crippen LogP contribution in [-0.4, -0.2) is 4.98 Å². The third-order valence-corrected chi connectivity index (χ3v) is 8.12. The predicted molar refractivity (Wildman–Crippen MR) is 152 cm³/mol. The summed E-state index contributed by atoms with van der Waals surface area (Å²) in [5, 5.41) is 1.24. The van der Waals surface area contributed by atoms with Crippen molar-refractivity contribution < 1.29 is 4.57 Å². The number of allylic oxidation sites excluding steroid dienone is 2. The third kappa shape index (κ3) is 4.04. The number of anilines is 1. The molecule has 5 aromatic rings. The van der Waals surface area contributed by atoms with Crippen LogP contribution < -0.4 is 9.47 Å². The molecular formula is C32H28N3S+. The van der Waals surface area contributed by atoms with Gasteiger partial charge >= 0.3 is 0 Å². The van der Waals surface area contributed by atoms with E-state index in [1.165, 1.54) is 59.9 Å². The first kappa shape index (κ1) is 22.4. The second kappa shape index (κ2) is 9.21. The zero-order valence-electron chi connectivity index (χ0n) is 20.8.